The van der Waals surface area contributed by atoms with Crippen LogP contribution in [0.5, 0.6) is 11.5 Å². The van der Waals surface area contributed by atoms with Gasteiger partial charge in [-0.1, -0.05) is 0 Å². The third-order valence-corrected chi connectivity index (χ3v) is 8.23. The van der Waals surface area contributed by atoms with Gasteiger partial charge < -0.3 is 20.3 Å². The lowest BCUT2D eigenvalue weighted by atomic mass is 9.58. The summed E-state index contributed by atoms with van der Waals surface area (Å²) in [5.74, 6) is 3.78. The standard InChI is InChI=1S/C25H27NO4/c27-20-5-6-22(28)18(10-20)13-26-19-3-1-15(2-4-19)24(29)30-25-11-14-7-16-9-17(12-25)21(8-14)23(16)25/h1-6,10,14,16-17,21,23,26-28H,7-9,11-13H2. The highest BCUT2D eigenvalue weighted by atomic mass is 16.6. The molecular weight excluding hydrogens is 378 g/mol. The van der Waals surface area contributed by atoms with Gasteiger partial charge in [0.1, 0.15) is 17.1 Å². The molecule has 5 nitrogen and oxygen atoms in total. The Labute approximate surface area is 176 Å². The average Bonchev–Trinajstić information content (AvgIpc) is 3.11. The van der Waals surface area contributed by atoms with Crippen LogP contribution in [0.25, 0.3) is 0 Å². The van der Waals surface area contributed by atoms with Crippen molar-refractivity contribution in [3.63, 3.8) is 0 Å². The lowest BCUT2D eigenvalue weighted by Crippen LogP contribution is -2.52. The number of ether oxygens (including phenoxy) is 1. The molecule has 6 atom stereocenters. The van der Waals surface area contributed by atoms with Crippen molar-refractivity contribution in [1.29, 1.82) is 0 Å². The smallest absolute Gasteiger partial charge is 0.338 e. The molecule has 0 aromatic heterocycles. The molecule has 0 saturated heterocycles. The summed E-state index contributed by atoms with van der Waals surface area (Å²) in [5.41, 5.74) is 1.85. The number of anilines is 1. The molecule has 0 spiro atoms. The monoisotopic (exact) mass is 405 g/mol. The number of phenols is 2. The lowest BCUT2D eigenvalue weighted by molar-refractivity contribution is -0.124. The maximum atomic E-state index is 13.0. The molecule has 3 N–H and O–H groups in total. The first-order valence-corrected chi connectivity index (χ1v) is 11.1. The number of carbonyl (C=O) groups is 1. The van der Waals surface area contributed by atoms with E-state index in [1.807, 2.05) is 12.1 Å². The van der Waals surface area contributed by atoms with Crippen molar-refractivity contribution in [2.45, 2.75) is 44.2 Å². The molecule has 5 heteroatoms. The van der Waals surface area contributed by atoms with E-state index in [0.29, 0.717) is 23.6 Å². The molecule has 6 unspecified atom stereocenters. The van der Waals surface area contributed by atoms with Gasteiger partial charge >= 0.3 is 5.97 Å². The zero-order valence-corrected chi connectivity index (χ0v) is 16.9. The highest BCUT2D eigenvalue weighted by Gasteiger charge is 2.69. The number of hydrogen-bond acceptors (Lipinski definition) is 5. The second kappa shape index (κ2) is 6.40. The van der Waals surface area contributed by atoms with Crippen molar-refractivity contribution >= 4 is 11.7 Å². The fourth-order valence-electron chi connectivity index (χ4n) is 7.38. The SMILES string of the molecule is O=C(OC12CC3CC4CC(C1)C(C3)C42)c1ccc(NCc2cc(O)ccc2O)cc1. The van der Waals surface area contributed by atoms with Gasteiger partial charge in [-0.3, -0.25) is 0 Å². The summed E-state index contributed by atoms with van der Waals surface area (Å²) in [6.45, 7) is 0.375. The lowest BCUT2D eigenvalue weighted by Gasteiger charge is -2.52. The van der Waals surface area contributed by atoms with Gasteiger partial charge in [0.15, 0.2) is 0 Å². The number of aromatic hydroxyl groups is 2. The molecule has 0 radical (unpaired) electrons. The van der Waals surface area contributed by atoms with Crippen LogP contribution < -0.4 is 5.32 Å². The van der Waals surface area contributed by atoms with E-state index in [0.717, 1.165) is 42.2 Å². The van der Waals surface area contributed by atoms with Crippen LogP contribution >= 0.6 is 0 Å². The third-order valence-electron chi connectivity index (χ3n) is 8.23. The number of esters is 1. The van der Waals surface area contributed by atoms with E-state index in [1.165, 1.54) is 37.5 Å². The summed E-state index contributed by atoms with van der Waals surface area (Å²) < 4.78 is 6.27. The molecule has 2 aromatic carbocycles. The van der Waals surface area contributed by atoms with Gasteiger partial charge in [-0.2, -0.15) is 0 Å². The minimum atomic E-state index is -0.195. The minimum absolute atomic E-state index is 0.116. The summed E-state index contributed by atoms with van der Waals surface area (Å²) in [5, 5.41) is 22.7. The van der Waals surface area contributed by atoms with Crippen LogP contribution in [0.2, 0.25) is 0 Å². The predicted octanol–water partition coefficient (Wildman–Crippen LogP) is 4.69. The van der Waals surface area contributed by atoms with Crippen molar-refractivity contribution in [2.24, 2.45) is 29.6 Å². The molecule has 0 heterocycles. The highest BCUT2D eigenvalue weighted by molar-refractivity contribution is 5.90. The maximum absolute atomic E-state index is 13.0. The van der Waals surface area contributed by atoms with E-state index in [1.54, 1.807) is 12.1 Å². The van der Waals surface area contributed by atoms with E-state index in [4.69, 9.17) is 4.74 Å². The summed E-state index contributed by atoms with van der Waals surface area (Å²) in [6.07, 6.45) is 6.22. The molecule has 5 saturated carbocycles. The molecule has 5 aliphatic rings. The van der Waals surface area contributed by atoms with Gasteiger partial charge in [0.2, 0.25) is 0 Å². The highest BCUT2D eigenvalue weighted by Crippen LogP contribution is 2.71. The number of benzene rings is 2. The van der Waals surface area contributed by atoms with E-state index in [9.17, 15) is 15.0 Å². The Balaban J connectivity index is 1.13. The Kier molecular flexibility index (Phi) is 3.86. The zero-order chi connectivity index (χ0) is 20.5. The Bertz CT molecular complexity index is 997. The molecule has 2 aromatic rings. The van der Waals surface area contributed by atoms with E-state index in [2.05, 4.69) is 5.32 Å². The maximum Gasteiger partial charge on any atom is 0.338 e. The molecule has 0 aliphatic heterocycles. The average molecular weight is 405 g/mol. The number of phenolic OH excluding ortho intramolecular Hbond substituents is 2. The van der Waals surface area contributed by atoms with Crippen molar-refractivity contribution in [3.8, 4) is 11.5 Å². The molecule has 30 heavy (non-hydrogen) atoms. The third kappa shape index (κ3) is 2.71. The normalized spacial score (nSPS) is 35.0. The first-order valence-electron chi connectivity index (χ1n) is 11.1. The Morgan fingerprint density at radius 1 is 1.03 bits per heavy atom. The van der Waals surface area contributed by atoms with Crippen LogP contribution in [-0.4, -0.2) is 21.8 Å². The second-order valence-electron chi connectivity index (χ2n) is 9.89. The molecule has 156 valence electrons. The van der Waals surface area contributed by atoms with Gasteiger partial charge in [-0.15, -0.1) is 0 Å². The van der Waals surface area contributed by atoms with Crippen molar-refractivity contribution in [1.82, 2.24) is 0 Å². The van der Waals surface area contributed by atoms with Crippen LogP contribution in [0.4, 0.5) is 5.69 Å². The van der Waals surface area contributed by atoms with E-state index >= 15 is 0 Å². The Morgan fingerprint density at radius 2 is 1.87 bits per heavy atom. The van der Waals surface area contributed by atoms with Gasteiger partial charge in [0, 0.05) is 23.7 Å². The van der Waals surface area contributed by atoms with Gasteiger partial charge in [0.05, 0.1) is 5.56 Å². The van der Waals surface area contributed by atoms with Crippen LogP contribution in [0.15, 0.2) is 42.5 Å². The predicted molar refractivity (Wildman–Crippen MR) is 112 cm³/mol. The summed E-state index contributed by atoms with van der Waals surface area (Å²) in [7, 11) is 0. The van der Waals surface area contributed by atoms with Crippen LogP contribution in [0.1, 0.15) is 48.0 Å². The molecular formula is C25H27NO4. The molecule has 6 bridgehead atoms. The molecule has 7 rings (SSSR count). The molecule has 0 amide bonds. The Hall–Kier alpha value is -2.69. The number of hydrogen-bond donors (Lipinski definition) is 3. The minimum Gasteiger partial charge on any atom is -0.508 e. The second-order valence-corrected chi connectivity index (χ2v) is 9.89. The van der Waals surface area contributed by atoms with Crippen molar-refractivity contribution < 1.29 is 19.7 Å². The van der Waals surface area contributed by atoms with E-state index < -0.39 is 0 Å². The van der Waals surface area contributed by atoms with Crippen LogP contribution in [0, 0.1) is 29.6 Å². The number of nitrogens with one attached hydrogen (secondary N) is 1. The van der Waals surface area contributed by atoms with Crippen LogP contribution in [0.3, 0.4) is 0 Å². The zero-order valence-electron chi connectivity index (χ0n) is 16.9. The largest absolute Gasteiger partial charge is 0.508 e. The van der Waals surface area contributed by atoms with Gasteiger partial charge in [-0.05, 0) is 98.2 Å². The number of carbonyl (C=O) groups excluding carboxylic acids is 1. The first kappa shape index (κ1) is 18.1. The summed E-state index contributed by atoms with van der Waals surface area (Å²) in [6, 6.07) is 11.8. The molecule has 5 aliphatic carbocycles. The van der Waals surface area contributed by atoms with Crippen LogP contribution in [-0.2, 0) is 11.3 Å². The Morgan fingerprint density at radius 3 is 2.67 bits per heavy atom. The first-order chi connectivity index (χ1) is 14.5. The number of rotatable bonds is 5. The van der Waals surface area contributed by atoms with E-state index in [-0.39, 0.29) is 23.1 Å². The van der Waals surface area contributed by atoms with Crippen molar-refractivity contribution in [2.75, 3.05) is 5.32 Å². The quantitative estimate of drug-likeness (QED) is 0.497. The topological polar surface area (TPSA) is 78.8 Å². The summed E-state index contributed by atoms with van der Waals surface area (Å²) in [4.78, 5) is 13.0. The molecule has 5 fully saturated rings. The summed E-state index contributed by atoms with van der Waals surface area (Å²) >= 11 is 0. The van der Waals surface area contributed by atoms with Gasteiger partial charge in [0.25, 0.3) is 0 Å². The fourth-order valence-corrected chi connectivity index (χ4v) is 7.38. The van der Waals surface area contributed by atoms with Gasteiger partial charge in [-0.25, -0.2) is 4.79 Å². The fraction of sp³-hybridized carbons (Fsp3) is 0.480. The van der Waals surface area contributed by atoms with Crippen molar-refractivity contribution in [3.05, 3.63) is 53.6 Å².